The Balaban J connectivity index is 1.88. The summed E-state index contributed by atoms with van der Waals surface area (Å²) in [4.78, 5) is 15.1. The van der Waals surface area contributed by atoms with Crippen molar-refractivity contribution in [2.75, 3.05) is 27.2 Å². The van der Waals surface area contributed by atoms with Crippen molar-refractivity contribution in [3.8, 4) is 5.75 Å². The Hall–Kier alpha value is -2.55. The van der Waals surface area contributed by atoms with Crippen molar-refractivity contribution in [1.82, 2.24) is 4.90 Å². The highest BCUT2D eigenvalue weighted by Gasteiger charge is 2.42. The molecule has 186 valence electrons. The molecule has 0 radical (unpaired) electrons. The maximum Gasteiger partial charge on any atom is 0.417 e. The molecule has 0 saturated carbocycles. The highest BCUT2D eigenvalue weighted by Crippen LogP contribution is 2.43. The predicted molar refractivity (Wildman–Crippen MR) is 116 cm³/mol. The van der Waals surface area contributed by atoms with Crippen molar-refractivity contribution in [2.45, 2.75) is 49.9 Å². The number of likely N-dealkylation sites (tertiary alicyclic amines) is 1. The number of alkyl halides is 6. The van der Waals surface area contributed by atoms with Crippen LogP contribution in [0.4, 0.5) is 26.3 Å². The van der Waals surface area contributed by atoms with Gasteiger partial charge in [-0.15, -0.1) is 0 Å². The van der Waals surface area contributed by atoms with Crippen molar-refractivity contribution in [3.63, 3.8) is 0 Å². The molecule has 0 N–H and O–H groups in total. The average molecular weight is 487 g/mol. The molecule has 1 saturated heterocycles. The fraction of sp³-hybridized carbons (Fsp3) is 0.480. The van der Waals surface area contributed by atoms with Crippen LogP contribution in [0, 0.1) is 0 Å². The molecule has 1 unspecified atom stereocenters. The number of nitrogens with zero attached hydrogens (tertiary/aromatic N) is 1. The van der Waals surface area contributed by atoms with E-state index in [1.807, 2.05) is 37.4 Å². The molecule has 0 aliphatic carbocycles. The topological polar surface area (TPSA) is 29.5 Å². The van der Waals surface area contributed by atoms with Gasteiger partial charge in [-0.25, -0.2) is 0 Å². The van der Waals surface area contributed by atoms with Crippen LogP contribution in [0.25, 0.3) is 0 Å². The van der Waals surface area contributed by atoms with Crippen molar-refractivity contribution < 1.29 is 35.9 Å². The van der Waals surface area contributed by atoms with Gasteiger partial charge in [0.2, 0.25) is 0 Å². The fourth-order valence-electron chi connectivity index (χ4n) is 4.90. The molecule has 1 aliphatic rings. The van der Waals surface area contributed by atoms with Crippen molar-refractivity contribution in [2.24, 2.45) is 0 Å². The normalized spacial score (nSPS) is 19.8. The zero-order chi connectivity index (χ0) is 25.1. The summed E-state index contributed by atoms with van der Waals surface area (Å²) in [6, 6.07) is 10.2. The molecule has 0 spiro atoms. The number of ether oxygens (including phenoxy) is 1. The molecule has 3 nitrogen and oxygen atoms in total. The van der Waals surface area contributed by atoms with E-state index in [1.54, 1.807) is 0 Å². The zero-order valence-corrected chi connectivity index (χ0v) is 19.0. The van der Waals surface area contributed by atoms with Gasteiger partial charge in [0.15, 0.2) is 5.78 Å². The van der Waals surface area contributed by atoms with Crippen LogP contribution in [-0.2, 0) is 17.8 Å². The number of hydrogen-bond donors (Lipinski definition) is 0. The Morgan fingerprint density at radius 2 is 1.74 bits per heavy atom. The summed E-state index contributed by atoms with van der Waals surface area (Å²) < 4.78 is 85.2. The standard InChI is InChI=1S/C25H27F6NO2/c1-32-13-7-12-23(16-32,17-8-4-3-5-9-17)11-6-10-20(33)22-19(25(29,30)31)14-18(24(26,27)28)15-21(22)34-2/h3-5,8-9,14-15H,6-7,10-13,16H2,1-2H3. The van der Waals surface area contributed by atoms with Gasteiger partial charge in [0.05, 0.1) is 23.8 Å². The lowest BCUT2D eigenvalue weighted by molar-refractivity contribution is -0.143. The Kier molecular flexibility index (Phi) is 7.65. The lowest BCUT2D eigenvalue weighted by atomic mass is 9.70. The first-order chi connectivity index (χ1) is 15.9. The number of carbonyl (C=O) groups is 1. The van der Waals surface area contributed by atoms with Crippen LogP contribution in [0.1, 0.15) is 59.2 Å². The van der Waals surface area contributed by atoms with Gasteiger partial charge in [-0.3, -0.25) is 4.79 Å². The number of Topliss-reactive ketones (excluding diaryl/α,β-unsaturated/α-hetero) is 1. The molecule has 9 heteroatoms. The van der Waals surface area contributed by atoms with Gasteiger partial charge in [-0.2, -0.15) is 26.3 Å². The monoisotopic (exact) mass is 487 g/mol. The molecule has 0 aromatic heterocycles. The van der Waals surface area contributed by atoms with Gasteiger partial charge in [-0.05, 0) is 57.0 Å². The number of ketones is 1. The molecule has 1 heterocycles. The van der Waals surface area contributed by atoms with Crippen molar-refractivity contribution in [3.05, 3.63) is 64.7 Å². The molecule has 0 bridgehead atoms. The van der Waals surface area contributed by atoms with Gasteiger partial charge in [0.25, 0.3) is 0 Å². The first-order valence-electron chi connectivity index (χ1n) is 11.0. The van der Waals surface area contributed by atoms with Crippen molar-refractivity contribution >= 4 is 5.78 Å². The summed E-state index contributed by atoms with van der Waals surface area (Å²) in [6.45, 7) is 1.69. The summed E-state index contributed by atoms with van der Waals surface area (Å²) in [5, 5.41) is 0. The van der Waals surface area contributed by atoms with Crippen LogP contribution in [0.5, 0.6) is 5.75 Å². The summed E-state index contributed by atoms with van der Waals surface area (Å²) in [7, 11) is 2.96. The maximum atomic E-state index is 13.7. The Morgan fingerprint density at radius 1 is 1.06 bits per heavy atom. The van der Waals surface area contributed by atoms with Crippen molar-refractivity contribution in [1.29, 1.82) is 0 Å². The highest BCUT2D eigenvalue weighted by atomic mass is 19.4. The molecule has 1 aliphatic heterocycles. The van der Waals surface area contributed by atoms with Crippen LogP contribution in [-0.4, -0.2) is 37.9 Å². The summed E-state index contributed by atoms with van der Waals surface area (Å²) >= 11 is 0. The first-order valence-corrected chi connectivity index (χ1v) is 11.0. The van der Waals surface area contributed by atoms with Crippen LogP contribution in [0.3, 0.4) is 0 Å². The molecule has 1 atom stereocenters. The molecule has 1 fully saturated rings. The predicted octanol–water partition coefficient (Wildman–Crippen LogP) is 6.75. The van der Waals surface area contributed by atoms with E-state index in [0.29, 0.717) is 18.9 Å². The largest absolute Gasteiger partial charge is 0.496 e. The van der Waals surface area contributed by atoms with Crippen LogP contribution in [0.15, 0.2) is 42.5 Å². The Labute approximate surface area is 194 Å². The lowest BCUT2D eigenvalue weighted by Gasteiger charge is -2.42. The fourth-order valence-corrected chi connectivity index (χ4v) is 4.90. The first kappa shape index (κ1) is 26.1. The van der Waals surface area contributed by atoms with E-state index in [4.69, 9.17) is 4.74 Å². The minimum absolute atomic E-state index is 0.0166. The van der Waals surface area contributed by atoms with Crippen LogP contribution >= 0.6 is 0 Å². The smallest absolute Gasteiger partial charge is 0.417 e. The molecular weight excluding hydrogens is 460 g/mol. The zero-order valence-electron chi connectivity index (χ0n) is 19.0. The van der Waals surface area contributed by atoms with Gasteiger partial charge >= 0.3 is 12.4 Å². The number of halogens is 6. The minimum Gasteiger partial charge on any atom is -0.496 e. The van der Waals surface area contributed by atoms with E-state index in [-0.39, 0.29) is 17.9 Å². The Bertz CT molecular complexity index is 1000. The van der Waals surface area contributed by atoms with E-state index in [2.05, 4.69) is 4.90 Å². The average Bonchev–Trinajstić information content (AvgIpc) is 2.77. The maximum absolute atomic E-state index is 13.7. The van der Waals surface area contributed by atoms with Gasteiger partial charge in [0.1, 0.15) is 5.75 Å². The molecule has 34 heavy (non-hydrogen) atoms. The third-order valence-electron chi connectivity index (χ3n) is 6.45. The van der Waals surface area contributed by atoms with E-state index >= 15 is 0 Å². The highest BCUT2D eigenvalue weighted by molar-refractivity contribution is 6.00. The third kappa shape index (κ3) is 5.74. The van der Waals surface area contributed by atoms with Crippen LogP contribution in [0.2, 0.25) is 0 Å². The minimum atomic E-state index is -5.14. The second-order valence-corrected chi connectivity index (χ2v) is 8.86. The summed E-state index contributed by atoms with van der Waals surface area (Å²) in [6.07, 6.45) is -7.69. The van der Waals surface area contributed by atoms with Gasteiger partial charge in [-0.1, -0.05) is 30.3 Å². The second kappa shape index (κ2) is 9.98. The third-order valence-corrected chi connectivity index (χ3v) is 6.45. The number of piperidine rings is 1. The molecule has 2 aromatic carbocycles. The Morgan fingerprint density at radius 3 is 2.29 bits per heavy atom. The molecule has 3 rings (SSSR count). The van der Waals surface area contributed by atoms with E-state index < -0.39 is 40.6 Å². The van der Waals surface area contributed by atoms with E-state index in [1.165, 1.54) is 0 Å². The lowest BCUT2D eigenvalue weighted by Crippen LogP contribution is -2.44. The number of rotatable bonds is 7. The number of hydrogen-bond acceptors (Lipinski definition) is 3. The van der Waals surface area contributed by atoms with Gasteiger partial charge in [0, 0.05) is 18.4 Å². The number of carbonyl (C=O) groups excluding carboxylic acids is 1. The summed E-state index contributed by atoms with van der Waals surface area (Å²) in [5.41, 5.74) is -3.12. The van der Waals surface area contributed by atoms with Gasteiger partial charge < -0.3 is 9.64 Å². The SMILES string of the molecule is COc1cc(C(F)(F)F)cc(C(F)(F)F)c1C(=O)CCCC1(c2ccccc2)CCCN(C)C1. The van der Waals surface area contributed by atoms with E-state index in [0.717, 1.165) is 38.6 Å². The number of benzene rings is 2. The number of methoxy groups -OCH3 is 1. The molecule has 2 aromatic rings. The second-order valence-electron chi connectivity index (χ2n) is 8.86. The quantitative estimate of drug-likeness (QED) is 0.320. The molecular formula is C25H27F6NO2. The number of likely N-dealkylation sites (N-methyl/N-ethyl adjacent to an activating group) is 1. The van der Waals surface area contributed by atoms with Crippen LogP contribution < -0.4 is 4.74 Å². The summed E-state index contributed by atoms with van der Waals surface area (Å²) in [5.74, 6) is -1.60. The molecule has 0 amide bonds. The van der Waals surface area contributed by atoms with E-state index in [9.17, 15) is 31.1 Å².